The molecule has 3 atom stereocenters. The van der Waals surface area contributed by atoms with Crippen LogP contribution in [0.3, 0.4) is 0 Å². The van der Waals surface area contributed by atoms with E-state index in [0.717, 1.165) is 24.3 Å². The number of likely N-dealkylation sites (N-methyl/N-ethyl adjacent to an activating group) is 1. The number of fused-ring (bicyclic) bond motifs is 2. The van der Waals surface area contributed by atoms with Crippen LogP contribution in [0.5, 0.6) is 0 Å². The summed E-state index contributed by atoms with van der Waals surface area (Å²) < 4.78 is 0. The molecule has 3 unspecified atom stereocenters. The minimum absolute atomic E-state index is 0.0590. The summed E-state index contributed by atoms with van der Waals surface area (Å²) in [7, 11) is 3.57. The number of nitrogens with one attached hydrogen (secondary N) is 2. The molecule has 3 aliphatic rings. The van der Waals surface area contributed by atoms with Crippen molar-refractivity contribution in [1.82, 2.24) is 20.4 Å². The number of likely N-dealkylation sites (tertiary alicyclic amines) is 1. The molecule has 6 heteroatoms. The highest BCUT2D eigenvalue weighted by molar-refractivity contribution is 5.86. The van der Waals surface area contributed by atoms with Crippen LogP contribution in [0.15, 0.2) is 29.3 Å². The second-order valence-electron chi connectivity index (χ2n) is 9.53. The quantitative estimate of drug-likeness (QED) is 0.535. The van der Waals surface area contributed by atoms with Crippen molar-refractivity contribution < 1.29 is 4.79 Å². The molecule has 1 heterocycles. The average Bonchev–Trinajstić information content (AvgIpc) is 3.49. The molecular formula is C24H37N5O. The van der Waals surface area contributed by atoms with Crippen molar-refractivity contribution in [3.63, 3.8) is 0 Å². The zero-order valence-corrected chi connectivity index (χ0v) is 18.6. The predicted molar refractivity (Wildman–Crippen MR) is 121 cm³/mol. The summed E-state index contributed by atoms with van der Waals surface area (Å²) in [5, 5.41) is 6.89. The fourth-order valence-corrected chi connectivity index (χ4v) is 5.19. The van der Waals surface area contributed by atoms with Crippen molar-refractivity contribution >= 4 is 11.9 Å². The van der Waals surface area contributed by atoms with Gasteiger partial charge in [0.1, 0.15) is 0 Å². The van der Waals surface area contributed by atoms with E-state index >= 15 is 0 Å². The van der Waals surface area contributed by atoms with Crippen molar-refractivity contribution in [2.75, 3.05) is 33.7 Å². The van der Waals surface area contributed by atoms with Gasteiger partial charge in [0.25, 0.3) is 0 Å². The number of carbonyl (C=O) groups excluding carboxylic acids is 1. The van der Waals surface area contributed by atoms with E-state index in [0.29, 0.717) is 12.6 Å². The molecule has 1 aliphatic heterocycles. The Morgan fingerprint density at radius 2 is 1.83 bits per heavy atom. The molecule has 1 saturated heterocycles. The van der Waals surface area contributed by atoms with E-state index in [9.17, 15) is 4.79 Å². The standard InChI is InChI=1S/C24H37N5O/c1-28(2)23(30)16-26-24(27-22-14-20-9-10-21(22)13-20)25-15-18-5-7-19(8-6-18)17-29-11-3-4-12-29/h5-8,20-22H,3-4,9-17H2,1-2H3,(H2,25,26,27). The fourth-order valence-electron chi connectivity index (χ4n) is 5.19. The number of guanidine groups is 1. The minimum atomic E-state index is 0.0590. The number of hydrogen-bond donors (Lipinski definition) is 2. The maximum atomic E-state index is 12.0. The average molecular weight is 412 g/mol. The Morgan fingerprint density at radius 1 is 1.10 bits per heavy atom. The van der Waals surface area contributed by atoms with Crippen molar-refractivity contribution in [1.29, 1.82) is 0 Å². The zero-order valence-electron chi connectivity index (χ0n) is 18.6. The molecule has 2 saturated carbocycles. The number of nitrogens with zero attached hydrogens (tertiary/aromatic N) is 3. The highest BCUT2D eigenvalue weighted by Gasteiger charge is 2.39. The molecule has 30 heavy (non-hydrogen) atoms. The van der Waals surface area contributed by atoms with Gasteiger partial charge < -0.3 is 15.5 Å². The van der Waals surface area contributed by atoms with E-state index in [1.165, 1.54) is 62.7 Å². The van der Waals surface area contributed by atoms with E-state index in [1.54, 1.807) is 19.0 Å². The number of aliphatic imine (C=N–C) groups is 1. The molecular weight excluding hydrogens is 374 g/mol. The molecule has 164 valence electrons. The van der Waals surface area contributed by atoms with Gasteiger partial charge in [-0.2, -0.15) is 0 Å². The van der Waals surface area contributed by atoms with Gasteiger partial charge in [-0.05, 0) is 68.2 Å². The van der Waals surface area contributed by atoms with E-state index in [-0.39, 0.29) is 12.5 Å². The Labute approximate surface area is 181 Å². The molecule has 0 spiro atoms. The highest BCUT2D eigenvalue weighted by atomic mass is 16.2. The fraction of sp³-hybridized carbons (Fsp3) is 0.667. The van der Waals surface area contributed by atoms with Crippen LogP contribution in [-0.4, -0.2) is 61.4 Å². The number of amides is 1. The first-order chi connectivity index (χ1) is 14.6. The monoisotopic (exact) mass is 411 g/mol. The third-order valence-corrected chi connectivity index (χ3v) is 7.01. The van der Waals surface area contributed by atoms with Crippen LogP contribution in [0, 0.1) is 11.8 Å². The Balaban J connectivity index is 1.35. The zero-order chi connectivity index (χ0) is 20.9. The van der Waals surface area contributed by atoms with Gasteiger partial charge in [-0.25, -0.2) is 4.99 Å². The van der Waals surface area contributed by atoms with Gasteiger partial charge in [0.2, 0.25) is 5.91 Å². The topological polar surface area (TPSA) is 60.0 Å². The lowest BCUT2D eigenvalue weighted by molar-refractivity contribution is -0.127. The lowest BCUT2D eigenvalue weighted by Crippen LogP contribution is -2.48. The first-order valence-corrected chi connectivity index (χ1v) is 11.6. The molecule has 3 fully saturated rings. The van der Waals surface area contributed by atoms with Crippen LogP contribution < -0.4 is 10.6 Å². The van der Waals surface area contributed by atoms with E-state index in [2.05, 4.69) is 39.8 Å². The van der Waals surface area contributed by atoms with Gasteiger partial charge >= 0.3 is 0 Å². The van der Waals surface area contributed by atoms with Crippen LogP contribution in [0.25, 0.3) is 0 Å². The van der Waals surface area contributed by atoms with Crippen LogP contribution in [0.4, 0.5) is 0 Å². The lowest BCUT2D eigenvalue weighted by atomic mass is 9.95. The van der Waals surface area contributed by atoms with Gasteiger partial charge in [0, 0.05) is 26.7 Å². The summed E-state index contributed by atoms with van der Waals surface area (Å²) in [6.07, 6.45) is 7.94. The Kier molecular flexibility index (Phi) is 6.93. The third-order valence-electron chi connectivity index (χ3n) is 7.01. The minimum Gasteiger partial charge on any atom is -0.353 e. The summed E-state index contributed by atoms with van der Waals surface area (Å²) in [6, 6.07) is 9.33. The van der Waals surface area contributed by atoms with Crippen LogP contribution in [-0.2, 0) is 17.9 Å². The number of benzene rings is 1. The molecule has 1 aromatic carbocycles. The summed E-state index contributed by atoms with van der Waals surface area (Å²) in [5.41, 5.74) is 2.58. The van der Waals surface area contributed by atoms with Gasteiger partial charge in [-0.15, -0.1) is 0 Å². The van der Waals surface area contributed by atoms with Gasteiger partial charge in [0.05, 0.1) is 13.1 Å². The van der Waals surface area contributed by atoms with Crippen molar-refractivity contribution in [3.8, 4) is 0 Å². The highest BCUT2D eigenvalue weighted by Crippen LogP contribution is 2.44. The lowest BCUT2D eigenvalue weighted by Gasteiger charge is -2.25. The summed E-state index contributed by atoms with van der Waals surface area (Å²) in [4.78, 5) is 21.0. The molecule has 0 radical (unpaired) electrons. The number of hydrogen-bond acceptors (Lipinski definition) is 3. The van der Waals surface area contributed by atoms with Crippen LogP contribution in [0.2, 0.25) is 0 Å². The summed E-state index contributed by atoms with van der Waals surface area (Å²) in [5.74, 6) is 2.46. The molecule has 2 N–H and O–H groups in total. The third kappa shape index (κ3) is 5.54. The SMILES string of the molecule is CN(C)C(=O)CNC(=NCc1ccc(CN2CCCC2)cc1)NC1CC2CCC1C2. The van der Waals surface area contributed by atoms with Gasteiger partial charge in [0.15, 0.2) is 5.96 Å². The number of rotatable bonds is 7. The molecule has 2 aliphatic carbocycles. The van der Waals surface area contributed by atoms with E-state index < -0.39 is 0 Å². The molecule has 2 bridgehead atoms. The second-order valence-corrected chi connectivity index (χ2v) is 9.53. The maximum Gasteiger partial charge on any atom is 0.241 e. The first-order valence-electron chi connectivity index (χ1n) is 11.6. The molecule has 0 aromatic heterocycles. The molecule has 4 rings (SSSR count). The van der Waals surface area contributed by atoms with Crippen molar-refractivity contribution in [3.05, 3.63) is 35.4 Å². The molecule has 6 nitrogen and oxygen atoms in total. The van der Waals surface area contributed by atoms with Gasteiger partial charge in [-0.3, -0.25) is 9.69 Å². The second kappa shape index (κ2) is 9.82. The first kappa shape index (κ1) is 21.2. The molecule has 1 amide bonds. The van der Waals surface area contributed by atoms with Crippen molar-refractivity contribution in [2.45, 2.75) is 57.7 Å². The summed E-state index contributed by atoms with van der Waals surface area (Å²) in [6.45, 7) is 4.39. The van der Waals surface area contributed by atoms with Gasteiger partial charge in [-0.1, -0.05) is 30.7 Å². The Hall–Kier alpha value is -2.08. The summed E-state index contributed by atoms with van der Waals surface area (Å²) >= 11 is 0. The smallest absolute Gasteiger partial charge is 0.241 e. The normalized spacial score (nSPS) is 26.2. The van der Waals surface area contributed by atoms with E-state index in [1.807, 2.05) is 0 Å². The van der Waals surface area contributed by atoms with Crippen LogP contribution >= 0.6 is 0 Å². The molecule has 1 aromatic rings. The predicted octanol–water partition coefficient (Wildman–Crippen LogP) is 2.59. The Morgan fingerprint density at radius 3 is 2.47 bits per heavy atom. The largest absolute Gasteiger partial charge is 0.353 e. The van der Waals surface area contributed by atoms with E-state index in [4.69, 9.17) is 4.99 Å². The Bertz CT molecular complexity index is 738. The number of carbonyl (C=O) groups is 1. The van der Waals surface area contributed by atoms with Crippen molar-refractivity contribution in [2.24, 2.45) is 16.8 Å². The van der Waals surface area contributed by atoms with Crippen LogP contribution in [0.1, 0.15) is 49.7 Å². The maximum absolute atomic E-state index is 12.0.